The van der Waals surface area contributed by atoms with Crippen LogP contribution in [0.5, 0.6) is 0 Å². The maximum atomic E-state index is 2.37. The van der Waals surface area contributed by atoms with E-state index in [-0.39, 0.29) is 0 Å². The standard InChI is InChI=1S/C16H18/c1-16(2)11-5-8-14-13-7-4-3-6-12(13)9-10-15(14)16/h3-4,6-7,9-10H,5,8,11H2,1-2H3. The van der Waals surface area contributed by atoms with Crippen molar-refractivity contribution in [3.05, 3.63) is 47.5 Å². The zero-order valence-corrected chi connectivity index (χ0v) is 10.1. The van der Waals surface area contributed by atoms with Crippen LogP contribution in [0.25, 0.3) is 10.8 Å². The first-order valence-corrected chi connectivity index (χ1v) is 6.20. The third-order valence-electron chi connectivity index (χ3n) is 4.00. The largest absolute Gasteiger partial charge is 0.0616 e. The second-order valence-electron chi connectivity index (χ2n) is 5.55. The number of rotatable bonds is 0. The predicted octanol–water partition coefficient (Wildman–Crippen LogP) is 4.45. The summed E-state index contributed by atoms with van der Waals surface area (Å²) >= 11 is 0. The summed E-state index contributed by atoms with van der Waals surface area (Å²) in [5.74, 6) is 0. The second kappa shape index (κ2) is 3.35. The van der Waals surface area contributed by atoms with E-state index in [0.717, 1.165) is 0 Å². The van der Waals surface area contributed by atoms with Gasteiger partial charge in [-0.1, -0.05) is 50.2 Å². The van der Waals surface area contributed by atoms with Gasteiger partial charge in [-0.15, -0.1) is 0 Å². The monoisotopic (exact) mass is 210 g/mol. The van der Waals surface area contributed by atoms with Crippen molar-refractivity contribution < 1.29 is 0 Å². The molecular formula is C16H18. The van der Waals surface area contributed by atoms with Crippen LogP contribution < -0.4 is 0 Å². The maximum absolute atomic E-state index is 2.37. The van der Waals surface area contributed by atoms with Gasteiger partial charge in [-0.3, -0.25) is 0 Å². The van der Waals surface area contributed by atoms with Crippen LogP contribution >= 0.6 is 0 Å². The van der Waals surface area contributed by atoms with Gasteiger partial charge in [-0.25, -0.2) is 0 Å². The van der Waals surface area contributed by atoms with Crippen LogP contribution in [0.2, 0.25) is 0 Å². The van der Waals surface area contributed by atoms with Crippen molar-refractivity contribution in [3.63, 3.8) is 0 Å². The summed E-state index contributed by atoms with van der Waals surface area (Å²) < 4.78 is 0. The SMILES string of the molecule is CC1(C)CCCc2c1ccc1ccccc21. The van der Waals surface area contributed by atoms with Crippen molar-refractivity contribution in [2.45, 2.75) is 38.5 Å². The van der Waals surface area contributed by atoms with E-state index in [1.165, 1.54) is 30.0 Å². The van der Waals surface area contributed by atoms with Crippen LogP contribution in [0.1, 0.15) is 37.8 Å². The molecule has 0 bridgehead atoms. The molecule has 0 heteroatoms. The van der Waals surface area contributed by atoms with E-state index in [2.05, 4.69) is 50.2 Å². The number of benzene rings is 2. The minimum atomic E-state index is 0.359. The topological polar surface area (TPSA) is 0 Å². The van der Waals surface area contributed by atoms with Gasteiger partial charge in [0, 0.05) is 0 Å². The van der Waals surface area contributed by atoms with Crippen LogP contribution in [0.3, 0.4) is 0 Å². The molecule has 0 radical (unpaired) electrons. The Morgan fingerprint density at radius 1 is 1.00 bits per heavy atom. The van der Waals surface area contributed by atoms with Gasteiger partial charge in [-0.05, 0) is 46.6 Å². The minimum absolute atomic E-state index is 0.359. The highest BCUT2D eigenvalue weighted by Gasteiger charge is 2.27. The Hall–Kier alpha value is -1.30. The summed E-state index contributed by atoms with van der Waals surface area (Å²) in [6.45, 7) is 4.75. The highest BCUT2D eigenvalue weighted by Crippen LogP contribution is 2.39. The maximum Gasteiger partial charge on any atom is -0.0100 e. The number of fused-ring (bicyclic) bond motifs is 3. The lowest BCUT2D eigenvalue weighted by atomic mass is 9.71. The van der Waals surface area contributed by atoms with Crippen LogP contribution in [-0.2, 0) is 11.8 Å². The summed E-state index contributed by atoms with van der Waals surface area (Å²) in [6, 6.07) is 13.4. The van der Waals surface area contributed by atoms with E-state index in [1.807, 2.05) is 0 Å². The van der Waals surface area contributed by atoms with E-state index in [4.69, 9.17) is 0 Å². The Morgan fingerprint density at radius 2 is 1.81 bits per heavy atom. The van der Waals surface area contributed by atoms with Gasteiger partial charge in [0.1, 0.15) is 0 Å². The van der Waals surface area contributed by atoms with Crippen molar-refractivity contribution in [1.29, 1.82) is 0 Å². The summed E-state index contributed by atoms with van der Waals surface area (Å²) in [5, 5.41) is 2.85. The molecule has 2 aromatic rings. The summed E-state index contributed by atoms with van der Waals surface area (Å²) in [7, 11) is 0. The predicted molar refractivity (Wildman–Crippen MR) is 69.9 cm³/mol. The van der Waals surface area contributed by atoms with E-state index < -0.39 is 0 Å². The van der Waals surface area contributed by atoms with Gasteiger partial charge in [0.2, 0.25) is 0 Å². The quantitative estimate of drug-likeness (QED) is 0.602. The molecule has 0 heterocycles. The first-order valence-electron chi connectivity index (χ1n) is 6.20. The van der Waals surface area contributed by atoms with Crippen molar-refractivity contribution in [1.82, 2.24) is 0 Å². The van der Waals surface area contributed by atoms with Gasteiger partial charge in [0.05, 0.1) is 0 Å². The van der Waals surface area contributed by atoms with Gasteiger partial charge < -0.3 is 0 Å². The fourth-order valence-electron chi connectivity index (χ4n) is 3.08. The van der Waals surface area contributed by atoms with E-state index in [1.54, 1.807) is 11.1 Å². The van der Waals surface area contributed by atoms with Crippen LogP contribution in [0.4, 0.5) is 0 Å². The van der Waals surface area contributed by atoms with Crippen molar-refractivity contribution in [2.75, 3.05) is 0 Å². The Labute approximate surface area is 97.3 Å². The molecule has 1 aliphatic rings. The molecular weight excluding hydrogens is 192 g/mol. The molecule has 0 nitrogen and oxygen atoms in total. The highest BCUT2D eigenvalue weighted by molar-refractivity contribution is 5.87. The van der Waals surface area contributed by atoms with E-state index >= 15 is 0 Å². The van der Waals surface area contributed by atoms with Gasteiger partial charge in [0.25, 0.3) is 0 Å². The Morgan fingerprint density at radius 3 is 2.69 bits per heavy atom. The molecule has 0 unspecified atom stereocenters. The fraction of sp³-hybridized carbons (Fsp3) is 0.375. The molecule has 0 atom stereocenters. The molecule has 3 rings (SSSR count). The lowest BCUT2D eigenvalue weighted by molar-refractivity contribution is 0.433. The van der Waals surface area contributed by atoms with Crippen LogP contribution in [-0.4, -0.2) is 0 Å². The zero-order valence-electron chi connectivity index (χ0n) is 10.1. The smallest absolute Gasteiger partial charge is 0.0100 e. The first-order chi connectivity index (χ1) is 7.68. The Kier molecular flexibility index (Phi) is 2.07. The molecule has 1 aliphatic carbocycles. The lowest BCUT2D eigenvalue weighted by Gasteiger charge is -2.33. The first kappa shape index (κ1) is 9.89. The summed E-state index contributed by atoms with van der Waals surface area (Å²) in [4.78, 5) is 0. The Balaban J connectivity index is 2.35. The van der Waals surface area contributed by atoms with Crippen molar-refractivity contribution in [2.24, 2.45) is 0 Å². The summed E-state index contributed by atoms with van der Waals surface area (Å²) in [6.07, 6.45) is 3.90. The molecule has 0 aromatic heterocycles. The molecule has 0 saturated heterocycles. The molecule has 0 saturated carbocycles. The van der Waals surface area contributed by atoms with Crippen LogP contribution in [0, 0.1) is 0 Å². The third kappa shape index (κ3) is 1.36. The molecule has 0 N–H and O–H groups in total. The van der Waals surface area contributed by atoms with Crippen LogP contribution in [0.15, 0.2) is 36.4 Å². The zero-order chi connectivity index (χ0) is 11.2. The van der Waals surface area contributed by atoms with E-state index in [9.17, 15) is 0 Å². The number of hydrogen-bond donors (Lipinski definition) is 0. The average Bonchev–Trinajstić information content (AvgIpc) is 2.28. The average molecular weight is 210 g/mol. The summed E-state index contributed by atoms with van der Waals surface area (Å²) in [5.41, 5.74) is 3.52. The fourth-order valence-corrected chi connectivity index (χ4v) is 3.08. The molecule has 0 spiro atoms. The lowest BCUT2D eigenvalue weighted by Crippen LogP contribution is -2.23. The second-order valence-corrected chi connectivity index (χ2v) is 5.55. The van der Waals surface area contributed by atoms with E-state index in [0.29, 0.717) is 5.41 Å². The molecule has 0 fully saturated rings. The third-order valence-corrected chi connectivity index (χ3v) is 4.00. The normalized spacial score (nSPS) is 18.4. The molecule has 0 amide bonds. The van der Waals surface area contributed by atoms with Crippen molar-refractivity contribution >= 4 is 10.8 Å². The molecule has 82 valence electrons. The minimum Gasteiger partial charge on any atom is -0.0616 e. The Bertz CT molecular complexity index is 535. The molecule has 0 aliphatic heterocycles. The highest BCUT2D eigenvalue weighted by atomic mass is 14.3. The number of hydrogen-bond acceptors (Lipinski definition) is 0. The molecule has 16 heavy (non-hydrogen) atoms. The van der Waals surface area contributed by atoms with Crippen molar-refractivity contribution in [3.8, 4) is 0 Å². The van der Waals surface area contributed by atoms with Gasteiger partial charge in [-0.2, -0.15) is 0 Å². The molecule has 2 aromatic carbocycles. The number of aryl methyl sites for hydroxylation is 1. The van der Waals surface area contributed by atoms with Gasteiger partial charge >= 0.3 is 0 Å². The van der Waals surface area contributed by atoms with Gasteiger partial charge in [0.15, 0.2) is 0 Å².